The summed E-state index contributed by atoms with van der Waals surface area (Å²) in [7, 11) is -4.47. The molecule has 6 nitrogen and oxygen atoms in total. The highest BCUT2D eigenvalue weighted by atomic mass is 35.5. The molecule has 0 aromatic heterocycles. The van der Waals surface area contributed by atoms with Crippen LogP contribution in [-0.2, 0) is 16.2 Å². The average Bonchev–Trinajstić information content (AvgIpc) is 2.48. The van der Waals surface area contributed by atoms with E-state index in [0.29, 0.717) is 6.07 Å². The monoisotopic (exact) mass is 380 g/mol. The van der Waals surface area contributed by atoms with Crippen LogP contribution in [0.4, 0.5) is 24.5 Å². The second-order valence-electron chi connectivity index (χ2n) is 4.52. The molecular weight excluding hydrogens is 373 g/mol. The maximum absolute atomic E-state index is 12.8. The number of anilines is 1. The molecule has 0 amide bonds. The second-order valence-corrected chi connectivity index (χ2v) is 6.58. The van der Waals surface area contributed by atoms with Crippen LogP contribution in [0.3, 0.4) is 0 Å². The summed E-state index contributed by atoms with van der Waals surface area (Å²) in [5.74, 6) is 0. The Hall–Kier alpha value is -2.33. The van der Waals surface area contributed by atoms with Crippen LogP contribution in [0.15, 0.2) is 47.4 Å². The van der Waals surface area contributed by atoms with E-state index in [1.54, 1.807) is 0 Å². The molecule has 0 fully saturated rings. The van der Waals surface area contributed by atoms with Gasteiger partial charge in [-0.05, 0) is 24.3 Å². The molecule has 0 saturated heterocycles. The summed E-state index contributed by atoms with van der Waals surface area (Å²) >= 11 is 5.45. The fraction of sp³-hybridized carbons (Fsp3) is 0.0769. The van der Waals surface area contributed by atoms with Crippen LogP contribution in [-0.4, -0.2) is 13.3 Å². The van der Waals surface area contributed by atoms with E-state index in [4.69, 9.17) is 11.6 Å². The molecular formula is C13H8ClF3N2O4S. The summed E-state index contributed by atoms with van der Waals surface area (Å²) in [6.45, 7) is 0. The van der Waals surface area contributed by atoms with Gasteiger partial charge < -0.3 is 0 Å². The predicted molar refractivity (Wildman–Crippen MR) is 80.4 cm³/mol. The number of para-hydroxylation sites is 1. The van der Waals surface area contributed by atoms with E-state index in [1.165, 1.54) is 12.1 Å². The van der Waals surface area contributed by atoms with E-state index in [9.17, 15) is 31.7 Å². The number of nitrogens with zero attached hydrogens (tertiary/aromatic N) is 1. The standard InChI is InChI=1S/C13H8ClF3N2O4S/c14-10-6-5-8(7-9(10)13(15,16)17)18-24(22,23)12-4-2-1-3-11(12)19(20)21/h1-7,18H. The maximum Gasteiger partial charge on any atom is 0.417 e. The SMILES string of the molecule is O=[N+]([O-])c1ccccc1S(=O)(=O)Nc1ccc(Cl)c(C(F)(F)F)c1. The lowest BCUT2D eigenvalue weighted by molar-refractivity contribution is -0.387. The lowest BCUT2D eigenvalue weighted by atomic mass is 10.2. The highest BCUT2D eigenvalue weighted by molar-refractivity contribution is 7.92. The largest absolute Gasteiger partial charge is 0.417 e. The smallest absolute Gasteiger partial charge is 0.279 e. The fourth-order valence-corrected chi connectivity index (χ4v) is 3.30. The Kier molecular flexibility index (Phi) is 4.72. The number of nitrogens with one attached hydrogen (secondary N) is 1. The minimum atomic E-state index is -4.78. The summed E-state index contributed by atoms with van der Waals surface area (Å²) in [4.78, 5) is 9.32. The van der Waals surface area contributed by atoms with Crippen molar-refractivity contribution in [3.05, 3.63) is 63.2 Å². The van der Waals surface area contributed by atoms with E-state index in [0.717, 1.165) is 24.3 Å². The van der Waals surface area contributed by atoms with Gasteiger partial charge in [0.1, 0.15) is 0 Å². The molecule has 0 radical (unpaired) electrons. The second kappa shape index (κ2) is 6.29. The summed E-state index contributed by atoms with van der Waals surface area (Å²) in [5.41, 5.74) is -2.35. The van der Waals surface area contributed by atoms with Gasteiger partial charge in [-0.15, -0.1) is 0 Å². The van der Waals surface area contributed by atoms with Gasteiger partial charge in [0.05, 0.1) is 15.5 Å². The lowest BCUT2D eigenvalue weighted by Crippen LogP contribution is -2.15. The molecule has 0 saturated carbocycles. The molecule has 0 heterocycles. The number of halogens is 4. The Labute approximate surface area is 139 Å². The Morgan fingerprint density at radius 2 is 1.75 bits per heavy atom. The van der Waals surface area contributed by atoms with Crippen molar-refractivity contribution in [2.24, 2.45) is 0 Å². The first-order valence-corrected chi connectivity index (χ1v) is 8.01. The van der Waals surface area contributed by atoms with Gasteiger partial charge in [-0.1, -0.05) is 23.7 Å². The quantitative estimate of drug-likeness (QED) is 0.639. The Balaban J connectivity index is 2.46. The maximum atomic E-state index is 12.8. The van der Waals surface area contributed by atoms with Gasteiger partial charge in [0, 0.05) is 11.8 Å². The number of sulfonamides is 1. The predicted octanol–water partition coefficient (Wildman–Crippen LogP) is 4.07. The first-order valence-electron chi connectivity index (χ1n) is 6.15. The minimum absolute atomic E-state index is 0.426. The van der Waals surface area contributed by atoms with Crippen LogP contribution in [0.25, 0.3) is 0 Å². The summed E-state index contributed by atoms with van der Waals surface area (Å²) in [6.07, 6.45) is -4.78. The first-order chi connectivity index (χ1) is 11.0. The van der Waals surface area contributed by atoms with Crippen molar-refractivity contribution in [1.82, 2.24) is 0 Å². The van der Waals surface area contributed by atoms with Gasteiger partial charge in [0.15, 0.2) is 4.90 Å². The number of alkyl halides is 3. The van der Waals surface area contributed by atoms with Gasteiger partial charge in [-0.3, -0.25) is 14.8 Å². The van der Waals surface area contributed by atoms with Gasteiger partial charge in [-0.25, -0.2) is 8.42 Å². The van der Waals surface area contributed by atoms with Gasteiger partial charge >= 0.3 is 6.18 Å². The van der Waals surface area contributed by atoms with Crippen LogP contribution in [0, 0.1) is 10.1 Å². The van der Waals surface area contributed by atoms with Crippen molar-refractivity contribution in [1.29, 1.82) is 0 Å². The third-order valence-electron chi connectivity index (χ3n) is 2.88. The van der Waals surface area contributed by atoms with Gasteiger partial charge in [0.2, 0.25) is 0 Å². The molecule has 0 bridgehead atoms. The third-order valence-corrected chi connectivity index (χ3v) is 4.63. The zero-order valence-corrected chi connectivity index (χ0v) is 13.1. The first kappa shape index (κ1) is 18.0. The summed E-state index contributed by atoms with van der Waals surface area (Å²) in [6, 6.07) is 6.87. The number of hydrogen-bond acceptors (Lipinski definition) is 4. The molecule has 2 aromatic rings. The number of hydrogen-bond donors (Lipinski definition) is 1. The molecule has 24 heavy (non-hydrogen) atoms. The Morgan fingerprint density at radius 1 is 1.12 bits per heavy atom. The van der Waals surface area contributed by atoms with Crippen LogP contribution >= 0.6 is 11.6 Å². The van der Waals surface area contributed by atoms with E-state index in [1.807, 2.05) is 4.72 Å². The lowest BCUT2D eigenvalue weighted by Gasteiger charge is -2.12. The van der Waals surface area contributed by atoms with Crippen LogP contribution < -0.4 is 4.72 Å². The van der Waals surface area contributed by atoms with Crippen molar-refractivity contribution in [3.8, 4) is 0 Å². The van der Waals surface area contributed by atoms with Gasteiger partial charge in [-0.2, -0.15) is 13.2 Å². The molecule has 0 aliphatic carbocycles. The molecule has 2 aromatic carbocycles. The summed E-state index contributed by atoms with van der Waals surface area (Å²) in [5, 5.41) is 10.3. The molecule has 0 aliphatic heterocycles. The number of rotatable bonds is 4. The molecule has 1 N–H and O–H groups in total. The normalized spacial score (nSPS) is 12.0. The Morgan fingerprint density at radius 3 is 2.33 bits per heavy atom. The minimum Gasteiger partial charge on any atom is -0.279 e. The highest BCUT2D eigenvalue weighted by Crippen LogP contribution is 2.36. The summed E-state index contributed by atoms with van der Waals surface area (Å²) < 4.78 is 64.8. The number of benzene rings is 2. The van der Waals surface area contributed by atoms with Crippen molar-refractivity contribution in [2.45, 2.75) is 11.1 Å². The van der Waals surface area contributed by atoms with Crippen LogP contribution in [0.1, 0.15) is 5.56 Å². The topological polar surface area (TPSA) is 89.3 Å². The molecule has 11 heteroatoms. The number of nitro benzene ring substituents is 1. The van der Waals surface area contributed by atoms with Crippen molar-refractivity contribution in [3.63, 3.8) is 0 Å². The van der Waals surface area contributed by atoms with Crippen LogP contribution in [0.5, 0.6) is 0 Å². The average molecular weight is 381 g/mol. The zero-order chi connectivity index (χ0) is 18.1. The zero-order valence-electron chi connectivity index (χ0n) is 11.5. The van der Waals surface area contributed by atoms with Gasteiger partial charge in [0.25, 0.3) is 15.7 Å². The van der Waals surface area contributed by atoms with Crippen LogP contribution in [0.2, 0.25) is 5.02 Å². The molecule has 0 spiro atoms. The molecule has 2 rings (SSSR count). The van der Waals surface area contributed by atoms with E-state index in [-0.39, 0.29) is 0 Å². The number of nitro groups is 1. The fourth-order valence-electron chi connectivity index (χ4n) is 1.85. The molecule has 0 aliphatic rings. The van der Waals surface area contributed by atoms with E-state index in [2.05, 4.69) is 0 Å². The van der Waals surface area contributed by atoms with Crippen molar-refractivity contribution >= 4 is 33.0 Å². The highest BCUT2D eigenvalue weighted by Gasteiger charge is 2.34. The van der Waals surface area contributed by atoms with E-state index < -0.39 is 48.0 Å². The molecule has 0 atom stereocenters. The van der Waals surface area contributed by atoms with E-state index >= 15 is 0 Å². The third kappa shape index (κ3) is 3.77. The molecule has 128 valence electrons. The van der Waals surface area contributed by atoms with Crippen molar-refractivity contribution in [2.75, 3.05) is 4.72 Å². The van der Waals surface area contributed by atoms with Crippen molar-refractivity contribution < 1.29 is 26.5 Å². The molecule has 0 unspecified atom stereocenters. The Bertz CT molecular complexity index is 900.